The van der Waals surface area contributed by atoms with Crippen molar-refractivity contribution in [2.75, 3.05) is 26.7 Å². The Bertz CT molecular complexity index is 699. The molecule has 140 valence electrons. The normalized spacial score (nSPS) is 12.0. The van der Waals surface area contributed by atoms with Crippen LogP contribution in [0.5, 0.6) is 5.75 Å². The van der Waals surface area contributed by atoms with Crippen molar-refractivity contribution in [3.05, 3.63) is 65.5 Å². The van der Waals surface area contributed by atoms with Crippen LogP contribution in [0, 0.1) is 5.82 Å². The van der Waals surface area contributed by atoms with Crippen molar-refractivity contribution < 1.29 is 13.9 Å². The minimum Gasteiger partial charge on any atom is -0.497 e. The first kappa shape index (κ1) is 19.9. The molecule has 0 bridgehead atoms. The monoisotopic (exact) mass is 358 g/mol. The molecule has 1 amide bonds. The molecule has 0 saturated heterocycles. The number of methoxy groups -OCH3 is 1. The van der Waals surface area contributed by atoms with E-state index in [1.54, 1.807) is 19.2 Å². The van der Waals surface area contributed by atoms with Gasteiger partial charge in [0.2, 0.25) is 5.91 Å². The minimum absolute atomic E-state index is 0.0669. The van der Waals surface area contributed by atoms with Gasteiger partial charge >= 0.3 is 0 Å². The van der Waals surface area contributed by atoms with E-state index in [-0.39, 0.29) is 24.2 Å². The van der Waals surface area contributed by atoms with Gasteiger partial charge in [-0.15, -0.1) is 0 Å². The second-order valence-electron chi connectivity index (χ2n) is 6.12. The van der Waals surface area contributed by atoms with Crippen molar-refractivity contribution in [3.8, 4) is 5.75 Å². The summed E-state index contributed by atoms with van der Waals surface area (Å²) in [5.41, 5.74) is 1.90. The fourth-order valence-electron chi connectivity index (χ4n) is 3.03. The summed E-state index contributed by atoms with van der Waals surface area (Å²) in [6, 6.07) is 14.0. The van der Waals surface area contributed by atoms with E-state index in [1.165, 1.54) is 12.1 Å². The number of rotatable bonds is 9. The van der Waals surface area contributed by atoms with Crippen LogP contribution in [0.1, 0.15) is 31.0 Å². The molecule has 0 spiro atoms. The average molecular weight is 358 g/mol. The molecule has 0 heterocycles. The topological polar surface area (TPSA) is 41.6 Å². The lowest BCUT2D eigenvalue weighted by molar-refractivity contribution is -0.120. The fraction of sp³-hybridized carbons (Fsp3) is 0.381. The zero-order valence-electron chi connectivity index (χ0n) is 15.7. The highest BCUT2D eigenvalue weighted by Gasteiger charge is 2.19. The van der Waals surface area contributed by atoms with Gasteiger partial charge in [0.05, 0.1) is 19.6 Å². The highest BCUT2D eigenvalue weighted by molar-refractivity contribution is 5.78. The second-order valence-corrected chi connectivity index (χ2v) is 6.12. The third-order valence-corrected chi connectivity index (χ3v) is 4.50. The molecule has 1 N–H and O–H groups in total. The van der Waals surface area contributed by atoms with E-state index in [0.717, 1.165) is 30.0 Å². The highest BCUT2D eigenvalue weighted by Crippen LogP contribution is 2.23. The van der Waals surface area contributed by atoms with E-state index < -0.39 is 0 Å². The van der Waals surface area contributed by atoms with Crippen molar-refractivity contribution >= 4 is 5.91 Å². The van der Waals surface area contributed by atoms with Crippen LogP contribution in [0.15, 0.2) is 48.5 Å². The quantitative estimate of drug-likeness (QED) is 0.745. The molecule has 0 aromatic heterocycles. The van der Waals surface area contributed by atoms with Crippen LogP contribution in [0.3, 0.4) is 0 Å². The Balaban J connectivity index is 2.06. The molecule has 1 unspecified atom stereocenters. The molecule has 0 saturated carbocycles. The summed E-state index contributed by atoms with van der Waals surface area (Å²) < 4.78 is 18.3. The molecule has 0 aliphatic rings. The van der Waals surface area contributed by atoms with E-state index in [1.807, 2.05) is 18.2 Å². The van der Waals surface area contributed by atoms with Crippen LogP contribution in [0.25, 0.3) is 0 Å². The average Bonchev–Trinajstić information content (AvgIpc) is 2.67. The second kappa shape index (κ2) is 9.92. The van der Waals surface area contributed by atoms with E-state index in [2.05, 4.69) is 30.1 Å². The van der Waals surface area contributed by atoms with E-state index in [0.29, 0.717) is 6.54 Å². The molecule has 2 aromatic carbocycles. The number of ether oxygens (including phenoxy) is 1. The van der Waals surface area contributed by atoms with Crippen LogP contribution < -0.4 is 10.1 Å². The largest absolute Gasteiger partial charge is 0.497 e. The van der Waals surface area contributed by atoms with Crippen molar-refractivity contribution in [1.82, 2.24) is 10.2 Å². The molecular weight excluding hydrogens is 331 g/mol. The van der Waals surface area contributed by atoms with Gasteiger partial charge in [-0.1, -0.05) is 38.1 Å². The maximum Gasteiger partial charge on any atom is 0.224 e. The lowest BCUT2D eigenvalue weighted by atomic mass is 10.0. The number of nitrogens with zero attached hydrogens (tertiary/aromatic N) is 1. The highest BCUT2D eigenvalue weighted by atomic mass is 19.1. The maximum absolute atomic E-state index is 13.0. The van der Waals surface area contributed by atoms with Gasteiger partial charge in [0.15, 0.2) is 0 Å². The Morgan fingerprint density at radius 2 is 1.85 bits per heavy atom. The van der Waals surface area contributed by atoms with Crippen molar-refractivity contribution in [2.45, 2.75) is 26.3 Å². The zero-order valence-corrected chi connectivity index (χ0v) is 15.7. The molecule has 1 atom stereocenters. The molecule has 0 aliphatic heterocycles. The lowest BCUT2D eigenvalue weighted by Gasteiger charge is -2.30. The molecule has 4 nitrogen and oxygen atoms in total. The summed E-state index contributed by atoms with van der Waals surface area (Å²) in [5.74, 6) is 0.433. The predicted molar refractivity (Wildman–Crippen MR) is 102 cm³/mol. The molecule has 0 aliphatic carbocycles. The van der Waals surface area contributed by atoms with E-state index in [9.17, 15) is 9.18 Å². The first-order valence-electron chi connectivity index (χ1n) is 8.96. The Morgan fingerprint density at radius 1 is 1.15 bits per heavy atom. The van der Waals surface area contributed by atoms with Crippen molar-refractivity contribution in [3.63, 3.8) is 0 Å². The van der Waals surface area contributed by atoms with Gasteiger partial charge in [-0.3, -0.25) is 9.69 Å². The summed E-state index contributed by atoms with van der Waals surface area (Å²) in [7, 11) is 1.65. The summed E-state index contributed by atoms with van der Waals surface area (Å²) in [4.78, 5) is 14.6. The van der Waals surface area contributed by atoms with E-state index in [4.69, 9.17) is 4.74 Å². The van der Waals surface area contributed by atoms with Gasteiger partial charge in [0.25, 0.3) is 0 Å². The first-order valence-corrected chi connectivity index (χ1v) is 8.96. The number of benzene rings is 2. The van der Waals surface area contributed by atoms with E-state index >= 15 is 0 Å². The number of amides is 1. The van der Waals surface area contributed by atoms with Crippen LogP contribution in [-0.4, -0.2) is 37.6 Å². The van der Waals surface area contributed by atoms with Gasteiger partial charge in [-0.25, -0.2) is 4.39 Å². The summed E-state index contributed by atoms with van der Waals surface area (Å²) in [6.07, 6.45) is 0.239. The number of likely N-dealkylation sites (N-methyl/N-ethyl adjacent to an activating group) is 1. The Hall–Kier alpha value is -2.40. The van der Waals surface area contributed by atoms with Crippen LogP contribution >= 0.6 is 0 Å². The molecule has 0 fully saturated rings. The van der Waals surface area contributed by atoms with Crippen molar-refractivity contribution in [2.24, 2.45) is 0 Å². The third kappa shape index (κ3) is 5.56. The summed E-state index contributed by atoms with van der Waals surface area (Å²) >= 11 is 0. The maximum atomic E-state index is 13.0. The Morgan fingerprint density at radius 3 is 2.46 bits per heavy atom. The SMILES string of the molecule is CCN(CC)C(CNC(=O)Cc1ccc(F)cc1)c1cccc(OC)c1. The van der Waals surface area contributed by atoms with Crippen LogP contribution in [0.2, 0.25) is 0 Å². The first-order chi connectivity index (χ1) is 12.6. The number of nitrogens with one attached hydrogen (secondary N) is 1. The van der Waals surface area contributed by atoms with Gasteiger partial charge in [-0.05, 0) is 48.5 Å². The number of carbonyl (C=O) groups excluding carboxylic acids is 1. The molecule has 5 heteroatoms. The van der Waals surface area contributed by atoms with Crippen LogP contribution in [-0.2, 0) is 11.2 Å². The number of carbonyl (C=O) groups is 1. The van der Waals surface area contributed by atoms with Gasteiger partial charge in [-0.2, -0.15) is 0 Å². The van der Waals surface area contributed by atoms with Gasteiger partial charge < -0.3 is 10.1 Å². The molecule has 26 heavy (non-hydrogen) atoms. The minimum atomic E-state index is -0.297. The molecule has 2 aromatic rings. The van der Waals surface area contributed by atoms with Gasteiger partial charge in [0.1, 0.15) is 11.6 Å². The number of hydrogen-bond donors (Lipinski definition) is 1. The number of hydrogen-bond acceptors (Lipinski definition) is 3. The van der Waals surface area contributed by atoms with Crippen molar-refractivity contribution in [1.29, 1.82) is 0 Å². The summed E-state index contributed by atoms with van der Waals surface area (Å²) in [6.45, 7) is 6.49. The van der Waals surface area contributed by atoms with Crippen LogP contribution in [0.4, 0.5) is 4.39 Å². The fourth-order valence-corrected chi connectivity index (χ4v) is 3.03. The molecular formula is C21H27FN2O2. The molecule has 0 radical (unpaired) electrons. The number of halogens is 1. The zero-order chi connectivity index (χ0) is 18.9. The Labute approximate surface area is 155 Å². The Kier molecular flexibility index (Phi) is 7.60. The predicted octanol–water partition coefficient (Wildman–Crippen LogP) is 3.58. The third-order valence-electron chi connectivity index (χ3n) is 4.50. The summed E-state index contributed by atoms with van der Waals surface area (Å²) in [5, 5.41) is 3.02. The molecule has 2 rings (SSSR count). The lowest BCUT2D eigenvalue weighted by Crippen LogP contribution is -2.38. The standard InChI is InChI=1S/C21H27FN2O2/c1-4-24(5-2)20(17-7-6-8-19(14-17)26-3)15-23-21(25)13-16-9-11-18(22)12-10-16/h6-12,14,20H,4-5,13,15H2,1-3H3,(H,23,25). The smallest absolute Gasteiger partial charge is 0.224 e. The van der Waals surface area contributed by atoms with Gasteiger partial charge in [0, 0.05) is 6.54 Å².